The fourth-order valence-electron chi connectivity index (χ4n) is 3.37. The molecular formula is C30H44Cl2SiZr-4. The molecule has 0 saturated carbocycles. The molecule has 2 aromatic rings. The summed E-state index contributed by atoms with van der Waals surface area (Å²) in [5.41, 5.74) is 8.70. The molecule has 4 rings (SSSR count). The van der Waals surface area contributed by atoms with Crippen LogP contribution in [0.3, 0.4) is 0 Å². The Hall–Kier alpha value is -0.400. The van der Waals surface area contributed by atoms with Gasteiger partial charge in [-0.15, -0.1) is 42.4 Å². The Balaban J connectivity index is -0.000000631. The van der Waals surface area contributed by atoms with Crippen LogP contribution in [0, 0.1) is 26.0 Å². The van der Waals surface area contributed by atoms with Gasteiger partial charge in [0.1, 0.15) is 0 Å². The molecular weight excluding hydrogens is 551 g/mol. The molecule has 0 amide bonds. The topological polar surface area (TPSA) is 0 Å². The zero-order chi connectivity index (χ0) is 24.9. The summed E-state index contributed by atoms with van der Waals surface area (Å²) in [5.74, 6) is 0. The Morgan fingerprint density at radius 1 is 0.824 bits per heavy atom. The van der Waals surface area contributed by atoms with E-state index in [2.05, 4.69) is 104 Å². The summed E-state index contributed by atoms with van der Waals surface area (Å²) >= 11 is 1.58. The van der Waals surface area contributed by atoms with Crippen LogP contribution < -0.4 is 0 Å². The summed E-state index contributed by atoms with van der Waals surface area (Å²) in [6.45, 7) is 25.6. The van der Waals surface area contributed by atoms with E-state index >= 15 is 0 Å². The molecule has 0 N–H and O–H groups in total. The molecule has 0 aliphatic heterocycles. The molecule has 4 heteroatoms. The molecule has 0 nitrogen and oxygen atoms in total. The van der Waals surface area contributed by atoms with Gasteiger partial charge in [0.2, 0.25) is 0 Å². The summed E-state index contributed by atoms with van der Waals surface area (Å²) in [6, 6.07) is 15.2. The Morgan fingerprint density at radius 3 is 1.79 bits per heavy atom. The van der Waals surface area contributed by atoms with Crippen LogP contribution in [-0.2, 0) is 40.6 Å². The van der Waals surface area contributed by atoms with Gasteiger partial charge in [0.25, 0.3) is 0 Å². The standard InChI is InChI=1S/C21H25.C5H5.2C2H5.2ClH.H2Si.Zr/c1-20(2,3)16-7-9-18-14(12-16)11-15-13-17(21(4,5)6)8-10-19(15)18;1-2-4-5-3-1;2*1-2;;;;/h7-10,12H,11H2,1-6H3;1-3H,4H2;2*1H2,2H3;2*1H;1H2;/q4*-1;;;;. The first-order valence-electron chi connectivity index (χ1n) is 11.3. The quantitative estimate of drug-likeness (QED) is 0.181. The third-order valence-corrected chi connectivity index (χ3v) is 5.05. The van der Waals surface area contributed by atoms with Crippen molar-refractivity contribution in [2.75, 3.05) is 0 Å². The van der Waals surface area contributed by atoms with Crippen molar-refractivity contribution in [1.82, 2.24) is 0 Å². The van der Waals surface area contributed by atoms with E-state index in [9.17, 15) is 0 Å². The van der Waals surface area contributed by atoms with Gasteiger partial charge >= 0.3 is 30.2 Å². The summed E-state index contributed by atoms with van der Waals surface area (Å²) in [4.78, 5) is 0. The molecule has 0 saturated heterocycles. The van der Waals surface area contributed by atoms with Gasteiger partial charge in [-0.05, 0) is 28.4 Å². The van der Waals surface area contributed by atoms with Gasteiger partial charge in [0.05, 0.1) is 0 Å². The fourth-order valence-corrected chi connectivity index (χ4v) is 3.37. The van der Waals surface area contributed by atoms with E-state index in [1.54, 1.807) is 37.2 Å². The number of fused-ring (bicyclic) bond motifs is 3. The van der Waals surface area contributed by atoms with Gasteiger partial charge in [0.15, 0.2) is 0 Å². The van der Waals surface area contributed by atoms with Gasteiger partial charge in [0, 0.05) is 0 Å². The van der Waals surface area contributed by atoms with Crippen molar-refractivity contribution in [3.8, 4) is 11.1 Å². The van der Waals surface area contributed by atoms with Crippen LogP contribution in [0.25, 0.3) is 11.1 Å². The fraction of sp³-hybridized carbons (Fsp3) is 0.400. The van der Waals surface area contributed by atoms with E-state index in [0.29, 0.717) is 0 Å². The van der Waals surface area contributed by atoms with Crippen LogP contribution >= 0.6 is 24.8 Å². The first kappa shape index (κ1) is 38.1. The summed E-state index contributed by atoms with van der Waals surface area (Å²) in [7, 11) is 0. The Bertz CT molecular complexity index is 816. The van der Waals surface area contributed by atoms with Crippen molar-refractivity contribution in [2.24, 2.45) is 0 Å². The van der Waals surface area contributed by atoms with Crippen LogP contribution in [0.15, 0.2) is 48.6 Å². The average Bonchev–Trinajstić information content (AvgIpc) is 3.47. The SMILES string of the molecule is CC(C)(C)c1[c-]c2c(cc1)-c1ccc(C(C)(C)C)cc1C2.Cl.Cl.[C-]1=CC=CC1.[CH2-]C.[CH2-]C.[SiH2]=[Zr]. The Labute approximate surface area is 240 Å². The van der Waals surface area contributed by atoms with Crippen LogP contribution in [0.5, 0.6) is 0 Å². The molecule has 0 spiro atoms. The van der Waals surface area contributed by atoms with E-state index in [4.69, 9.17) is 0 Å². The maximum absolute atomic E-state index is 3.67. The second kappa shape index (κ2) is 18.8. The van der Waals surface area contributed by atoms with E-state index in [1.807, 2.05) is 19.0 Å². The van der Waals surface area contributed by atoms with Crippen LogP contribution in [0.2, 0.25) is 0 Å². The normalized spacial score (nSPS) is 11.7. The first-order chi connectivity index (χ1) is 15.2. The Kier molecular flexibility index (Phi) is 21.1. The van der Waals surface area contributed by atoms with Crippen LogP contribution in [0.4, 0.5) is 0 Å². The van der Waals surface area contributed by atoms with E-state index < -0.39 is 0 Å². The molecule has 0 unspecified atom stereocenters. The van der Waals surface area contributed by atoms with Crippen molar-refractivity contribution in [1.29, 1.82) is 0 Å². The van der Waals surface area contributed by atoms with Crippen molar-refractivity contribution < 1.29 is 23.3 Å². The second-order valence-corrected chi connectivity index (χ2v) is 9.32. The van der Waals surface area contributed by atoms with Crippen molar-refractivity contribution in [3.05, 3.63) is 96.8 Å². The zero-order valence-corrected chi connectivity index (χ0v) is 28.0. The number of hydrogen-bond acceptors (Lipinski definition) is 0. The summed E-state index contributed by atoms with van der Waals surface area (Å²) in [5, 5.41) is 0. The number of rotatable bonds is 0. The summed E-state index contributed by atoms with van der Waals surface area (Å²) in [6.07, 6.45) is 11.0. The molecule has 2 aromatic carbocycles. The van der Waals surface area contributed by atoms with Gasteiger partial charge < -0.3 is 13.8 Å². The Morgan fingerprint density at radius 2 is 1.38 bits per heavy atom. The van der Waals surface area contributed by atoms with Crippen molar-refractivity contribution >= 4 is 31.7 Å². The summed E-state index contributed by atoms with van der Waals surface area (Å²) < 4.78 is 0. The third-order valence-electron chi connectivity index (χ3n) is 5.05. The molecule has 0 aromatic heterocycles. The molecule has 0 fully saturated rings. The van der Waals surface area contributed by atoms with Gasteiger partial charge in [-0.1, -0.05) is 65.3 Å². The minimum atomic E-state index is 0. The van der Waals surface area contributed by atoms with Crippen molar-refractivity contribution in [3.63, 3.8) is 0 Å². The van der Waals surface area contributed by atoms with Gasteiger partial charge in [-0.3, -0.25) is 6.08 Å². The van der Waals surface area contributed by atoms with Gasteiger partial charge in [-0.25, -0.2) is 12.2 Å². The zero-order valence-electron chi connectivity index (χ0n) is 22.5. The van der Waals surface area contributed by atoms with Crippen LogP contribution in [0.1, 0.15) is 84.1 Å². The second-order valence-electron chi connectivity index (χ2n) is 9.32. The van der Waals surface area contributed by atoms with E-state index in [-0.39, 0.29) is 35.6 Å². The minimum absolute atomic E-state index is 0. The van der Waals surface area contributed by atoms with E-state index in [0.717, 1.165) is 12.8 Å². The van der Waals surface area contributed by atoms with Crippen LogP contribution in [-0.4, -0.2) is 6.88 Å². The number of hydrogen-bond donors (Lipinski definition) is 0. The maximum atomic E-state index is 3.67. The predicted molar refractivity (Wildman–Crippen MR) is 158 cm³/mol. The van der Waals surface area contributed by atoms with E-state index in [1.165, 1.54) is 33.4 Å². The molecule has 0 radical (unpaired) electrons. The molecule has 0 heterocycles. The molecule has 0 bridgehead atoms. The van der Waals surface area contributed by atoms with Crippen molar-refractivity contribution in [2.45, 2.75) is 79.1 Å². The molecule has 34 heavy (non-hydrogen) atoms. The van der Waals surface area contributed by atoms with Gasteiger partial charge in [-0.2, -0.15) is 43.7 Å². The molecule has 2 aliphatic rings. The predicted octanol–water partition coefficient (Wildman–Crippen LogP) is 8.56. The first-order valence-corrected chi connectivity index (χ1v) is 17.3. The third kappa shape index (κ3) is 11.6. The number of halogens is 2. The number of benzene rings is 2. The monoisotopic (exact) mass is 592 g/mol. The molecule has 190 valence electrons. The molecule has 0 atom stereocenters. The number of allylic oxidation sites excluding steroid dienone is 4. The molecule has 2 aliphatic carbocycles. The average molecular weight is 595 g/mol.